The highest BCUT2D eigenvalue weighted by Gasteiger charge is 2.31. The molecule has 0 bridgehead atoms. The normalized spacial score (nSPS) is 35.0. The zero-order valence-corrected chi connectivity index (χ0v) is 20.0. The van der Waals surface area contributed by atoms with Crippen LogP contribution in [0.3, 0.4) is 0 Å². The predicted molar refractivity (Wildman–Crippen MR) is 127 cm³/mol. The molecule has 0 amide bonds. The number of unbranched alkanes of at least 4 members (excludes halogenated alkanes) is 2. The minimum absolute atomic E-state index is 0.983. The van der Waals surface area contributed by atoms with E-state index in [2.05, 4.69) is 20.8 Å². The summed E-state index contributed by atoms with van der Waals surface area (Å²) < 4.78 is 0. The van der Waals surface area contributed by atoms with Crippen molar-refractivity contribution in [2.75, 3.05) is 0 Å². The molecule has 0 radical (unpaired) electrons. The lowest BCUT2D eigenvalue weighted by Crippen LogP contribution is -2.28. The molecule has 0 aromatic rings. The first-order valence-corrected chi connectivity index (χ1v) is 13.7. The van der Waals surface area contributed by atoms with Gasteiger partial charge in [0.05, 0.1) is 0 Å². The fourth-order valence-electron chi connectivity index (χ4n) is 6.65. The molecule has 0 heterocycles. The first-order valence-electron chi connectivity index (χ1n) is 13.7. The third-order valence-electron chi connectivity index (χ3n) is 8.44. The molecule has 5 unspecified atom stereocenters. The Kier molecular flexibility index (Phi) is 12.9. The molecule has 0 heteroatoms. The largest absolute Gasteiger partial charge is 0.0654 e. The van der Waals surface area contributed by atoms with E-state index in [9.17, 15) is 0 Å². The standard InChI is InChI=1S/C28H54/c1-4-5-12-16-26-17-13-10-8-6-7-9-11-14-19-27(20-15-18-26)28-22-21-24(2)23-25(28)3/h24-28H,4-23H2,1-3H3. The second-order valence-electron chi connectivity index (χ2n) is 11.0. The molecule has 28 heavy (non-hydrogen) atoms. The Morgan fingerprint density at radius 1 is 0.607 bits per heavy atom. The van der Waals surface area contributed by atoms with E-state index in [-0.39, 0.29) is 0 Å². The fraction of sp³-hybridized carbons (Fsp3) is 1.00. The van der Waals surface area contributed by atoms with Gasteiger partial charge in [0.2, 0.25) is 0 Å². The molecule has 0 aromatic heterocycles. The first-order chi connectivity index (χ1) is 13.7. The molecule has 2 saturated carbocycles. The Bertz CT molecular complexity index is 359. The summed E-state index contributed by atoms with van der Waals surface area (Å²) >= 11 is 0. The second-order valence-corrected chi connectivity index (χ2v) is 11.0. The number of hydrogen-bond acceptors (Lipinski definition) is 0. The lowest BCUT2D eigenvalue weighted by Gasteiger charge is -2.38. The summed E-state index contributed by atoms with van der Waals surface area (Å²) in [5.74, 6) is 5.10. The monoisotopic (exact) mass is 390 g/mol. The zero-order valence-electron chi connectivity index (χ0n) is 20.0. The Balaban J connectivity index is 1.89. The number of rotatable bonds is 5. The minimum atomic E-state index is 0.983. The van der Waals surface area contributed by atoms with Crippen LogP contribution in [0.25, 0.3) is 0 Å². The molecule has 2 aliphatic carbocycles. The topological polar surface area (TPSA) is 0 Å². The molecule has 0 spiro atoms. The molecule has 166 valence electrons. The molecule has 2 aliphatic rings. The van der Waals surface area contributed by atoms with Crippen molar-refractivity contribution < 1.29 is 0 Å². The van der Waals surface area contributed by atoms with Gasteiger partial charge in [-0.15, -0.1) is 0 Å². The van der Waals surface area contributed by atoms with Crippen molar-refractivity contribution in [2.45, 2.75) is 149 Å². The quantitative estimate of drug-likeness (QED) is 0.409. The van der Waals surface area contributed by atoms with Gasteiger partial charge in [-0.3, -0.25) is 0 Å². The van der Waals surface area contributed by atoms with E-state index in [0.29, 0.717) is 0 Å². The summed E-state index contributed by atoms with van der Waals surface area (Å²) in [7, 11) is 0. The Hall–Kier alpha value is 0. The van der Waals surface area contributed by atoms with E-state index in [4.69, 9.17) is 0 Å². The van der Waals surface area contributed by atoms with Crippen molar-refractivity contribution in [1.29, 1.82) is 0 Å². The van der Waals surface area contributed by atoms with Crippen molar-refractivity contribution >= 4 is 0 Å². The van der Waals surface area contributed by atoms with Crippen molar-refractivity contribution in [1.82, 2.24) is 0 Å². The van der Waals surface area contributed by atoms with E-state index < -0.39 is 0 Å². The van der Waals surface area contributed by atoms with Crippen LogP contribution in [0.1, 0.15) is 149 Å². The molecule has 0 nitrogen and oxygen atoms in total. The first kappa shape index (κ1) is 24.3. The van der Waals surface area contributed by atoms with E-state index in [1.54, 1.807) is 12.8 Å². The summed E-state index contributed by atoms with van der Waals surface area (Å²) in [5.41, 5.74) is 0. The summed E-state index contributed by atoms with van der Waals surface area (Å²) in [6, 6.07) is 0. The minimum Gasteiger partial charge on any atom is -0.0654 e. The van der Waals surface area contributed by atoms with Gasteiger partial charge in [-0.25, -0.2) is 0 Å². The molecule has 0 aliphatic heterocycles. The van der Waals surface area contributed by atoms with Crippen molar-refractivity contribution in [2.24, 2.45) is 29.6 Å². The van der Waals surface area contributed by atoms with Crippen molar-refractivity contribution in [3.05, 3.63) is 0 Å². The van der Waals surface area contributed by atoms with Crippen LogP contribution in [0.5, 0.6) is 0 Å². The lowest BCUT2D eigenvalue weighted by atomic mass is 9.67. The lowest BCUT2D eigenvalue weighted by molar-refractivity contribution is 0.123. The highest BCUT2D eigenvalue weighted by Crippen LogP contribution is 2.42. The van der Waals surface area contributed by atoms with E-state index in [1.165, 1.54) is 116 Å². The Morgan fingerprint density at radius 3 is 1.89 bits per heavy atom. The Morgan fingerprint density at radius 2 is 1.21 bits per heavy atom. The van der Waals surface area contributed by atoms with Gasteiger partial charge in [-0.05, 0) is 42.4 Å². The molecule has 2 fully saturated rings. The molecular formula is C28H54. The average Bonchev–Trinajstić information content (AvgIpc) is 2.68. The zero-order chi connectivity index (χ0) is 20.0. The summed E-state index contributed by atoms with van der Waals surface area (Å²) in [6.07, 6.45) is 30.1. The van der Waals surface area contributed by atoms with Crippen LogP contribution in [0.2, 0.25) is 0 Å². The van der Waals surface area contributed by atoms with Crippen LogP contribution in [0.4, 0.5) is 0 Å². The fourth-order valence-corrected chi connectivity index (χ4v) is 6.65. The van der Waals surface area contributed by atoms with E-state index in [1.807, 2.05) is 0 Å². The average molecular weight is 391 g/mol. The van der Waals surface area contributed by atoms with Gasteiger partial charge in [0.25, 0.3) is 0 Å². The third-order valence-corrected chi connectivity index (χ3v) is 8.44. The maximum Gasteiger partial charge on any atom is -0.0360 e. The van der Waals surface area contributed by atoms with Crippen molar-refractivity contribution in [3.63, 3.8) is 0 Å². The van der Waals surface area contributed by atoms with Gasteiger partial charge >= 0.3 is 0 Å². The van der Waals surface area contributed by atoms with Crippen LogP contribution in [0.15, 0.2) is 0 Å². The van der Waals surface area contributed by atoms with Crippen LogP contribution in [-0.2, 0) is 0 Å². The third kappa shape index (κ3) is 9.67. The Labute approximate surface area is 179 Å². The smallest absolute Gasteiger partial charge is 0.0360 e. The maximum absolute atomic E-state index is 2.59. The van der Waals surface area contributed by atoms with Gasteiger partial charge in [0.1, 0.15) is 0 Å². The van der Waals surface area contributed by atoms with Crippen LogP contribution in [0, 0.1) is 29.6 Å². The molecule has 0 saturated heterocycles. The van der Waals surface area contributed by atoms with E-state index >= 15 is 0 Å². The van der Waals surface area contributed by atoms with Crippen LogP contribution < -0.4 is 0 Å². The molecule has 5 atom stereocenters. The van der Waals surface area contributed by atoms with Crippen LogP contribution >= 0.6 is 0 Å². The summed E-state index contributed by atoms with van der Waals surface area (Å²) in [6.45, 7) is 7.43. The molecule has 0 N–H and O–H groups in total. The maximum atomic E-state index is 2.59. The molecular weight excluding hydrogens is 336 g/mol. The van der Waals surface area contributed by atoms with Crippen molar-refractivity contribution in [3.8, 4) is 0 Å². The van der Waals surface area contributed by atoms with Gasteiger partial charge < -0.3 is 0 Å². The SMILES string of the molecule is CCCCCC1CCCCCCCCCCC(C2CCC(C)CC2C)CCC1. The van der Waals surface area contributed by atoms with Gasteiger partial charge in [0.15, 0.2) is 0 Å². The number of hydrogen-bond donors (Lipinski definition) is 0. The molecule has 2 rings (SSSR count). The van der Waals surface area contributed by atoms with E-state index in [0.717, 1.165) is 29.6 Å². The van der Waals surface area contributed by atoms with Gasteiger partial charge in [-0.1, -0.05) is 136 Å². The molecule has 0 aromatic carbocycles. The van der Waals surface area contributed by atoms with Gasteiger partial charge in [0, 0.05) is 0 Å². The highest BCUT2D eigenvalue weighted by molar-refractivity contribution is 4.81. The highest BCUT2D eigenvalue weighted by atomic mass is 14.4. The van der Waals surface area contributed by atoms with Crippen LogP contribution in [-0.4, -0.2) is 0 Å². The van der Waals surface area contributed by atoms with Gasteiger partial charge in [-0.2, -0.15) is 0 Å². The summed E-state index contributed by atoms with van der Waals surface area (Å²) in [4.78, 5) is 0. The predicted octanol–water partition coefficient (Wildman–Crippen LogP) is 9.96. The summed E-state index contributed by atoms with van der Waals surface area (Å²) in [5, 5.41) is 0. The second kappa shape index (κ2) is 14.9.